The zero-order valence-electron chi connectivity index (χ0n) is 24.8. The summed E-state index contributed by atoms with van der Waals surface area (Å²) in [6.45, 7) is 5.99. The number of nitrogens with zero attached hydrogens (tertiary/aromatic N) is 3. The van der Waals surface area contributed by atoms with Gasteiger partial charge in [-0.25, -0.2) is 8.42 Å². The highest BCUT2D eigenvalue weighted by Gasteiger charge is 2.25. The summed E-state index contributed by atoms with van der Waals surface area (Å²) >= 11 is 0. The predicted molar refractivity (Wildman–Crippen MR) is 174 cm³/mol. The van der Waals surface area contributed by atoms with E-state index in [1.807, 2.05) is 24.3 Å². The molecule has 3 heterocycles. The molecule has 2 fully saturated rings. The minimum absolute atomic E-state index is 0.0941. The van der Waals surface area contributed by atoms with E-state index in [0.717, 1.165) is 63.1 Å². The number of ether oxygens (including phenoxy) is 1. The molecule has 230 valence electrons. The molecule has 2 N–H and O–H groups in total. The van der Waals surface area contributed by atoms with E-state index in [0.29, 0.717) is 42.4 Å². The van der Waals surface area contributed by atoms with Crippen LogP contribution in [0.15, 0.2) is 90.0 Å². The van der Waals surface area contributed by atoms with Gasteiger partial charge in [0.15, 0.2) is 0 Å². The van der Waals surface area contributed by atoms with Gasteiger partial charge in [0.1, 0.15) is 4.90 Å². The third-order valence-corrected chi connectivity index (χ3v) is 9.93. The van der Waals surface area contributed by atoms with Gasteiger partial charge in [-0.3, -0.25) is 19.4 Å². The molecule has 0 saturated carbocycles. The predicted octanol–water partition coefficient (Wildman–Crippen LogP) is 4.56. The molecule has 10 heteroatoms. The summed E-state index contributed by atoms with van der Waals surface area (Å²) in [6.07, 6.45) is 4.68. The molecule has 0 spiro atoms. The third-order valence-electron chi connectivity index (χ3n) is 8.52. The van der Waals surface area contributed by atoms with Crippen LogP contribution in [0.25, 0.3) is 10.9 Å². The molecule has 0 aliphatic carbocycles. The van der Waals surface area contributed by atoms with Crippen LogP contribution in [-0.4, -0.2) is 76.7 Å². The largest absolute Gasteiger partial charge is 0.379 e. The van der Waals surface area contributed by atoms with Crippen LogP contribution >= 0.6 is 0 Å². The van der Waals surface area contributed by atoms with Gasteiger partial charge >= 0.3 is 0 Å². The van der Waals surface area contributed by atoms with E-state index in [1.165, 1.54) is 5.56 Å². The van der Waals surface area contributed by atoms with Crippen molar-refractivity contribution in [1.82, 2.24) is 15.2 Å². The molecule has 0 radical (unpaired) electrons. The summed E-state index contributed by atoms with van der Waals surface area (Å²) in [5.41, 5.74) is 3.37. The van der Waals surface area contributed by atoms with E-state index in [2.05, 4.69) is 49.1 Å². The molecule has 2 saturated heterocycles. The number of pyridine rings is 1. The fraction of sp³-hybridized carbons (Fsp3) is 0.353. The molecular weight excluding hydrogens is 574 g/mol. The van der Waals surface area contributed by atoms with Gasteiger partial charge in [-0.1, -0.05) is 48.5 Å². The van der Waals surface area contributed by atoms with Gasteiger partial charge in [-0.05, 0) is 61.1 Å². The fourth-order valence-electron chi connectivity index (χ4n) is 6.13. The first-order valence-corrected chi connectivity index (χ1v) is 16.8. The first-order valence-electron chi connectivity index (χ1n) is 15.3. The summed E-state index contributed by atoms with van der Waals surface area (Å²) in [5, 5.41) is 3.82. The lowest BCUT2D eigenvalue weighted by molar-refractivity contribution is 0.0383. The van der Waals surface area contributed by atoms with Crippen molar-refractivity contribution in [3.63, 3.8) is 0 Å². The van der Waals surface area contributed by atoms with Crippen molar-refractivity contribution < 1.29 is 17.9 Å². The van der Waals surface area contributed by atoms with Crippen molar-refractivity contribution in [3.8, 4) is 0 Å². The first kappa shape index (κ1) is 30.1. The van der Waals surface area contributed by atoms with Gasteiger partial charge in [0.2, 0.25) is 0 Å². The lowest BCUT2D eigenvalue weighted by Gasteiger charge is -2.35. The Balaban J connectivity index is 1.21. The Morgan fingerprint density at radius 3 is 2.48 bits per heavy atom. The Labute approximate surface area is 259 Å². The second kappa shape index (κ2) is 13.8. The number of morpholine rings is 1. The van der Waals surface area contributed by atoms with Gasteiger partial charge in [0.05, 0.1) is 24.3 Å². The van der Waals surface area contributed by atoms with Crippen LogP contribution in [0.4, 0.5) is 11.4 Å². The SMILES string of the molecule is O=C(NCCN1CCOCC1)c1cc(NS(=O)(=O)c2cccc3cccnc23)ccc1N1CCC(Cc2ccccc2)CC1. The van der Waals surface area contributed by atoms with E-state index in [9.17, 15) is 13.2 Å². The van der Waals surface area contributed by atoms with E-state index >= 15 is 0 Å². The summed E-state index contributed by atoms with van der Waals surface area (Å²) in [7, 11) is -3.96. The van der Waals surface area contributed by atoms with Crippen LogP contribution in [0.5, 0.6) is 0 Å². The molecular formula is C34H39N5O4S. The Bertz CT molecular complexity index is 1680. The maximum absolute atomic E-state index is 13.6. The average Bonchev–Trinajstić information content (AvgIpc) is 3.05. The van der Waals surface area contributed by atoms with Crippen LogP contribution in [-0.2, 0) is 21.2 Å². The Hall–Kier alpha value is -3.99. The normalized spacial score (nSPS) is 16.6. The molecule has 2 aliphatic rings. The van der Waals surface area contributed by atoms with Crippen LogP contribution in [0.1, 0.15) is 28.8 Å². The highest BCUT2D eigenvalue weighted by molar-refractivity contribution is 7.93. The van der Waals surface area contributed by atoms with Crippen LogP contribution in [0, 0.1) is 5.92 Å². The minimum Gasteiger partial charge on any atom is -0.379 e. The third kappa shape index (κ3) is 7.20. The fourth-order valence-corrected chi connectivity index (χ4v) is 7.36. The number of hydrogen-bond donors (Lipinski definition) is 2. The van der Waals surface area contributed by atoms with Crippen LogP contribution in [0.3, 0.4) is 0 Å². The van der Waals surface area contributed by atoms with Crippen molar-refractivity contribution in [2.24, 2.45) is 5.92 Å². The zero-order valence-corrected chi connectivity index (χ0v) is 25.6. The molecule has 3 aromatic carbocycles. The van der Waals surface area contributed by atoms with Crippen LogP contribution < -0.4 is 14.9 Å². The number of carbonyl (C=O) groups is 1. The van der Waals surface area contributed by atoms with Gasteiger partial charge in [0, 0.05) is 62.2 Å². The quantitative estimate of drug-likeness (QED) is 0.270. The highest BCUT2D eigenvalue weighted by Crippen LogP contribution is 2.31. The maximum atomic E-state index is 13.6. The Morgan fingerprint density at radius 2 is 1.68 bits per heavy atom. The average molecular weight is 614 g/mol. The Morgan fingerprint density at radius 1 is 0.909 bits per heavy atom. The van der Waals surface area contributed by atoms with E-state index in [1.54, 1.807) is 36.5 Å². The number of sulfonamides is 1. The minimum atomic E-state index is -3.96. The van der Waals surface area contributed by atoms with Crippen molar-refractivity contribution in [2.45, 2.75) is 24.2 Å². The number of rotatable bonds is 10. The smallest absolute Gasteiger partial charge is 0.264 e. The second-order valence-electron chi connectivity index (χ2n) is 11.5. The molecule has 1 amide bonds. The molecule has 0 bridgehead atoms. The van der Waals surface area contributed by atoms with E-state index in [-0.39, 0.29) is 10.8 Å². The van der Waals surface area contributed by atoms with Crippen molar-refractivity contribution >= 4 is 38.2 Å². The number of piperidine rings is 1. The van der Waals surface area contributed by atoms with Crippen molar-refractivity contribution in [3.05, 3.63) is 96.2 Å². The van der Waals surface area contributed by atoms with Gasteiger partial charge in [-0.15, -0.1) is 0 Å². The number of carbonyl (C=O) groups excluding carboxylic acids is 1. The Kier molecular flexibility index (Phi) is 9.40. The molecule has 6 rings (SSSR count). The van der Waals surface area contributed by atoms with E-state index < -0.39 is 10.0 Å². The van der Waals surface area contributed by atoms with Gasteiger partial charge in [-0.2, -0.15) is 0 Å². The maximum Gasteiger partial charge on any atom is 0.264 e. The number of aromatic nitrogens is 1. The number of anilines is 2. The molecule has 0 atom stereocenters. The molecule has 9 nitrogen and oxygen atoms in total. The molecule has 0 unspecified atom stereocenters. The standard InChI is InChI=1S/C34H39N5O4S/c40-34(36-16-19-38-20-22-43-23-21-38)30-25-29(37-44(41,42)32-10-4-8-28-9-5-15-35-33(28)32)11-12-31(30)39-17-13-27(14-18-39)24-26-6-2-1-3-7-26/h1-12,15,25,27,37H,13-14,16-24H2,(H,36,40). The lowest BCUT2D eigenvalue weighted by atomic mass is 9.89. The first-order chi connectivity index (χ1) is 21.5. The number of benzene rings is 3. The zero-order chi connectivity index (χ0) is 30.4. The summed E-state index contributed by atoms with van der Waals surface area (Å²) in [5.74, 6) is 0.368. The van der Waals surface area contributed by atoms with Gasteiger partial charge < -0.3 is 15.0 Å². The number of para-hydroxylation sites is 1. The lowest BCUT2D eigenvalue weighted by Crippen LogP contribution is -2.41. The molecule has 4 aromatic rings. The summed E-state index contributed by atoms with van der Waals surface area (Å²) in [4.78, 5) is 22.6. The van der Waals surface area contributed by atoms with Crippen molar-refractivity contribution in [1.29, 1.82) is 0 Å². The molecule has 2 aliphatic heterocycles. The monoisotopic (exact) mass is 613 g/mol. The van der Waals surface area contributed by atoms with E-state index in [4.69, 9.17) is 4.74 Å². The number of hydrogen-bond acceptors (Lipinski definition) is 7. The summed E-state index contributed by atoms with van der Waals surface area (Å²) < 4.78 is 35.2. The number of nitrogens with one attached hydrogen (secondary N) is 2. The molecule has 1 aromatic heterocycles. The molecule has 44 heavy (non-hydrogen) atoms. The topological polar surface area (TPSA) is 104 Å². The summed E-state index contributed by atoms with van der Waals surface area (Å²) in [6, 6.07) is 24.5. The second-order valence-corrected chi connectivity index (χ2v) is 13.1. The van der Waals surface area contributed by atoms with Crippen molar-refractivity contribution in [2.75, 3.05) is 62.1 Å². The highest BCUT2D eigenvalue weighted by atomic mass is 32.2. The number of amides is 1. The van der Waals surface area contributed by atoms with Gasteiger partial charge in [0.25, 0.3) is 15.9 Å². The van der Waals surface area contributed by atoms with Crippen LogP contribution in [0.2, 0.25) is 0 Å². The number of fused-ring (bicyclic) bond motifs is 1.